The third-order valence-electron chi connectivity index (χ3n) is 13.0. The number of hydrogen-bond donors (Lipinski definition) is 0. The highest BCUT2D eigenvalue weighted by atomic mass is 16.5. The quantitative estimate of drug-likeness (QED) is 0.375. The van der Waals surface area contributed by atoms with E-state index < -0.39 is 0 Å². The third-order valence-corrected chi connectivity index (χ3v) is 13.0. The van der Waals surface area contributed by atoms with Gasteiger partial charge in [0.1, 0.15) is 5.78 Å². The maximum absolute atomic E-state index is 13.0. The first-order valence-corrected chi connectivity index (χ1v) is 13.9. The van der Waals surface area contributed by atoms with Crippen LogP contribution in [0.4, 0.5) is 0 Å². The third kappa shape index (κ3) is 2.98. The van der Waals surface area contributed by atoms with Crippen LogP contribution in [0.15, 0.2) is 11.6 Å². The zero-order valence-corrected chi connectivity index (χ0v) is 23.1. The van der Waals surface area contributed by atoms with Crippen molar-refractivity contribution in [2.45, 2.75) is 119 Å². The van der Waals surface area contributed by atoms with Gasteiger partial charge in [0.15, 0.2) is 0 Å². The van der Waals surface area contributed by atoms with Crippen molar-refractivity contribution in [3.05, 3.63) is 11.6 Å². The molecule has 0 bridgehead atoms. The predicted molar refractivity (Wildman–Crippen MR) is 136 cm³/mol. The van der Waals surface area contributed by atoms with E-state index in [1.165, 1.54) is 44.9 Å². The first-order valence-electron chi connectivity index (χ1n) is 13.9. The van der Waals surface area contributed by atoms with Crippen LogP contribution in [-0.4, -0.2) is 19.0 Å². The van der Waals surface area contributed by atoms with Crippen molar-refractivity contribution in [1.82, 2.24) is 0 Å². The predicted octanol–water partition coefficient (Wildman–Crippen LogP) is 8.00. The Morgan fingerprint density at radius 2 is 1.55 bits per heavy atom. The molecular formula is C31H50O2. The zero-order valence-electron chi connectivity index (χ0n) is 23.1. The summed E-state index contributed by atoms with van der Waals surface area (Å²) in [5.74, 6) is 2.11. The summed E-state index contributed by atoms with van der Waals surface area (Å²) in [7, 11) is 1.95. The highest BCUT2D eigenvalue weighted by Crippen LogP contribution is 2.75. The number of hydrogen-bond acceptors (Lipinski definition) is 2. The smallest absolute Gasteiger partial charge is 0.138 e. The first-order chi connectivity index (χ1) is 15.1. The highest BCUT2D eigenvalue weighted by Gasteiger charge is 2.69. The molecule has 8 atom stereocenters. The van der Waals surface area contributed by atoms with Crippen molar-refractivity contribution in [3.8, 4) is 0 Å². The maximum Gasteiger partial charge on any atom is 0.138 e. The van der Waals surface area contributed by atoms with E-state index in [4.69, 9.17) is 4.74 Å². The first kappa shape index (κ1) is 24.1. The van der Waals surface area contributed by atoms with E-state index in [0.717, 1.165) is 12.8 Å². The standard InChI is InChI=1S/C31H50O2/c1-26(2)14-15-28(5)16-17-30(7)20(21(28)19-26)18-22(33-9)25-29(6)12-11-24(32)27(3,4)23(29)10-13-31(25,30)8/h18,21-23,25H,10-17,19H2,1-9H3. The number of allylic oxidation sites excluding steroid dienone is 1. The van der Waals surface area contributed by atoms with Gasteiger partial charge in [-0.2, -0.15) is 0 Å². The molecule has 186 valence electrons. The van der Waals surface area contributed by atoms with Crippen LogP contribution in [0.2, 0.25) is 0 Å². The fraction of sp³-hybridized carbons (Fsp3) is 0.903. The molecule has 5 aliphatic carbocycles. The number of fused-ring (bicyclic) bond motifs is 7. The van der Waals surface area contributed by atoms with Gasteiger partial charge in [-0.25, -0.2) is 0 Å². The van der Waals surface area contributed by atoms with Crippen molar-refractivity contribution < 1.29 is 9.53 Å². The molecule has 0 radical (unpaired) electrons. The lowest BCUT2D eigenvalue weighted by Crippen LogP contribution is -2.67. The van der Waals surface area contributed by atoms with E-state index in [1.807, 2.05) is 7.11 Å². The second-order valence-corrected chi connectivity index (χ2v) is 15.4. The normalized spacial score (nSPS) is 52.6. The summed E-state index contributed by atoms with van der Waals surface area (Å²) < 4.78 is 6.43. The Bertz CT molecular complexity index is 881. The Morgan fingerprint density at radius 3 is 2.21 bits per heavy atom. The number of methoxy groups -OCH3 is 1. The molecule has 0 N–H and O–H groups in total. The van der Waals surface area contributed by atoms with Gasteiger partial charge in [-0.05, 0) is 90.3 Å². The lowest BCUT2D eigenvalue weighted by atomic mass is 9.33. The molecule has 0 aromatic carbocycles. The molecule has 8 unspecified atom stereocenters. The van der Waals surface area contributed by atoms with Gasteiger partial charge in [0, 0.05) is 24.9 Å². The number of ether oxygens (including phenoxy) is 1. The summed E-state index contributed by atoms with van der Waals surface area (Å²) in [5, 5.41) is 0. The summed E-state index contributed by atoms with van der Waals surface area (Å²) >= 11 is 0. The van der Waals surface area contributed by atoms with Crippen LogP contribution >= 0.6 is 0 Å². The number of carbonyl (C=O) groups excluding carboxylic acids is 1. The Hall–Kier alpha value is -0.630. The van der Waals surface area contributed by atoms with Gasteiger partial charge >= 0.3 is 0 Å². The minimum atomic E-state index is -0.212. The molecule has 2 heteroatoms. The molecule has 4 fully saturated rings. The largest absolute Gasteiger partial charge is 0.377 e. The van der Waals surface area contributed by atoms with Gasteiger partial charge in [-0.15, -0.1) is 0 Å². The minimum Gasteiger partial charge on any atom is -0.377 e. The second-order valence-electron chi connectivity index (χ2n) is 15.4. The van der Waals surface area contributed by atoms with Crippen LogP contribution < -0.4 is 0 Å². The van der Waals surface area contributed by atoms with Gasteiger partial charge in [-0.1, -0.05) is 67.0 Å². The molecule has 0 amide bonds. The minimum absolute atomic E-state index is 0.155. The molecule has 4 saturated carbocycles. The Labute approximate surface area is 203 Å². The van der Waals surface area contributed by atoms with E-state index >= 15 is 0 Å². The summed E-state index contributed by atoms with van der Waals surface area (Å²) in [4.78, 5) is 13.0. The molecule has 33 heavy (non-hydrogen) atoms. The summed E-state index contributed by atoms with van der Waals surface area (Å²) in [6, 6.07) is 0. The van der Waals surface area contributed by atoms with Crippen LogP contribution in [0, 0.1) is 50.2 Å². The Morgan fingerprint density at radius 1 is 0.879 bits per heavy atom. The van der Waals surface area contributed by atoms with Gasteiger partial charge in [0.2, 0.25) is 0 Å². The van der Waals surface area contributed by atoms with E-state index in [1.54, 1.807) is 5.57 Å². The molecular weight excluding hydrogens is 404 g/mol. The number of ketones is 1. The molecule has 0 aromatic rings. The van der Waals surface area contributed by atoms with Crippen LogP contribution in [0.25, 0.3) is 0 Å². The number of rotatable bonds is 1. The Balaban J connectivity index is 1.65. The topological polar surface area (TPSA) is 26.3 Å². The van der Waals surface area contributed by atoms with Crippen LogP contribution in [0.1, 0.15) is 113 Å². The molecule has 5 rings (SSSR count). The Kier molecular flexibility index (Phi) is 5.10. The number of Topliss-reactive ketones (excluding diaryl/α,β-unsaturated/α-hetero) is 1. The molecule has 0 spiro atoms. The summed E-state index contributed by atoms with van der Waals surface area (Å²) in [6.45, 7) is 19.9. The van der Waals surface area contributed by atoms with E-state index in [0.29, 0.717) is 34.4 Å². The lowest BCUT2D eigenvalue weighted by Gasteiger charge is -2.71. The fourth-order valence-electron chi connectivity index (χ4n) is 10.6. The van der Waals surface area contributed by atoms with Gasteiger partial charge in [0.05, 0.1) is 6.10 Å². The van der Waals surface area contributed by atoms with Crippen molar-refractivity contribution in [2.75, 3.05) is 7.11 Å². The van der Waals surface area contributed by atoms with Crippen LogP contribution in [-0.2, 0) is 9.53 Å². The van der Waals surface area contributed by atoms with Crippen molar-refractivity contribution in [3.63, 3.8) is 0 Å². The zero-order chi connectivity index (χ0) is 24.2. The average molecular weight is 455 g/mol. The highest BCUT2D eigenvalue weighted by molar-refractivity contribution is 5.85. The van der Waals surface area contributed by atoms with Crippen LogP contribution in [0.5, 0.6) is 0 Å². The second kappa shape index (κ2) is 6.98. The van der Waals surface area contributed by atoms with Gasteiger partial charge < -0.3 is 4.74 Å². The van der Waals surface area contributed by atoms with Gasteiger partial charge in [-0.3, -0.25) is 4.79 Å². The summed E-state index contributed by atoms with van der Waals surface area (Å²) in [6.07, 6.45) is 13.7. The van der Waals surface area contributed by atoms with Crippen molar-refractivity contribution in [1.29, 1.82) is 0 Å². The molecule has 2 nitrogen and oxygen atoms in total. The van der Waals surface area contributed by atoms with Gasteiger partial charge in [0.25, 0.3) is 0 Å². The van der Waals surface area contributed by atoms with E-state index in [2.05, 4.69) is 61.5 Å². The monoisotopic (exact) mass is 454 g/mol. The molecule has 0 aliphatic heterocycles. The van der Waals surface area contributed by atoms with Crippen molar-refractivity contribution >= 4 is 5.78 Å². The lowest BCUT2D eigenvalue weighted by molar-refractivity contribution is -0.209. The maximum atomic E-state index is 13.0. The van der Waals surface area contributed by atoms with E-state index in [-0.39, 0.29) is 27.8 Å². The molecule has 0 aromatic heterocycles. The average Bonchev–Trinajstić information content (AvgIpc) is 2.72. The fourth-order valence-corrected chi connectivity index (χ4v) is 10.6. The molecule has 0 heterocycles. The van der Waals surface area contributed by atoms with E-state index in [9.17, 15) is 4.79 Å². The SMILES string of the molecule is COC1C=C2C3CC(C)(C)CCC3(C)CCC2(C)C2(C)CCC3C(C)(C)C(=O)CCC3(C)C12. The van der Waals surface area contributed by atoms with Crippen molar-refractivity contribution in [2.24, 2.45) is 50.2 Å². The summed E-state index contributed by atoms with van der Waals surface area (Å²) in [5.41, 5.74) is 3.04. The number of carbonyl (C=O) groups is 1. The molecule has 0 saturated heterocycles. The van der Waals surface area contributed by atoms with Crippen LogP contribution in [0.3, 0.4) is 0 Å². The molecule has 5 aliphatic rings.